The Bertz CT molecular complexity index is 988. The first-order chi connectivity index (χ1) is 14.0. The Morgan fingerprint density at radius 1 is 0.793 bits per heavy atom. The Kier molecular flexibility index (Phi) is 7.17. The molecule has 0 aliphatic rings. The molecule has 0 aliphatic heterocycles. The fraction of sp³-hybridized carbons (Fsp3) is 0.448. The summed E-state index contributed by atoms with van der Waals surface area (Å²) in [6.07, 6.45) is 12.9. The third-order valence-corrected chi connectivity index (χ3v) is 6.74. The lowest BCUT2D eigenvalue weighted by molar-refractivity contribution is 0.507. The van der Waals surface area contributed by atoms with Gasteiger partial charge in [-0.1, -0.05) is 95.2 Å². The third kappa shape index (κ3) is 4.58. The van der Waals surface area contributed by atoms with Gasteiger partial charge in [-0.15, -0.1) is 0 Å². The summed E-state index contributed by atoms with van der Waals surface area (Å²) in [5, 5.41) is 5.89. The van der Waals surface area contributed by atoms with E-state index in [1.807, 2.05) is 0 Å². The van der Waals surface area contributed by atoms with Gasteiger partial charge in [-0.25, -0.2) is 0 Å². The van der Waals surface area contributed by atoms with Gasteiger partial charge in [0.15, 0.2) is 0 Å². The lowest BCUT2D eigenvalue weighted by Crippen LogP contribution is -2.15. The molecule has 0 heterocycles. The molecule has 0 aromatic heterocycles. The van der Waals surface area contributed by atoms with Crippen molar-refractivity contribution in [2.45, 2.75) is 85.0 Å². The minimum absolute atomic E-state index is 0.214. The number of benzene rings is 3. The first-order valence-electron chi connectivity index (χ1n) is 11.6. The summed E-state index contributed by atoms with van der Waals surface area (Å²) in [5.74, 6) is 0. The molecule has 0 unspecified atom stereocenters. The van der Waals surface area contributed by atoms with Gasteiger partial charge in [0.25, 0.3) is 0 Å². The molecule has 0 aliphatic carbocycles. The molecule has 0 atom stereocenters. The van der Waals surface area contributed by atoms with Gasteiger partial charge in [-0.3, -0.25) is 0 Å². The van der Waals surface area contributed by atoms with Crippen LogP contribution >= 0.6 is 0 Å². The Balaban J connectivity index is 2.29. The summed E-state index contributed by atoms with van der Waals surface area (Å²) >= 11 is 0. The quantitative estimate of drug-likeness (QED) is 0.195. The number of rotatable bonds is 9. The predicted molar refractivity (Wildman–Crippen MR) is 131 cm³/mol. The maximum absolute atomic E-state index is 2.52. The lowest BCUT2D eigenvalue weighted by Gasteiger charge is -2.25. The Hall–Kier alpha value is -2.08. The summed E-state index contributed by atoms with van der Waals surface area (Å²) in [6.45, 7) is 11.5. The maximum atomic E-state index is 2.52. The number of fused-ring (bicyclic) bond motifs is 2. The molecule has 0 bridgehead atoms. The predicted octanol–water partition coefficient (Wildman–Crippen LogP) is 8.92. The second-order valence-electron chi connectivity index (χ2n) is 9.07. The summed E-state index contributed by atoms with van der Waals surface area (Å²) in [7, 11) is 0. The van der Waals surface area contributed by atoms with Gasteiger partial charge < -0.3 is 0 Å². The summed E-state index contributed by atoms with van der Waals surface area (Å²) in [4.78, 5) is 0. The number of aryl methyl sites for hydroxylation is 2. The zero-order valence-corrected chi connectivity index (χ0v) is 19.1. The third-order valence-electron chi connectivity index (χ3n) is 6.74. The van der Waals surface area contributed by atoms with E-state index in [9.17, 15) is 0 Å². The van der Waals surface area contributed by atoms with Crippen molar-refractivity contribution in [3.05, 3.63) is 71.3 Å². The van der Waals surface area contributed by atoms with Crippen LogP contribution in [0.25, 0.3) is 21.5 Å². The molecule has 3 aromatic carbocycles. The molecule has 0 saturated heterocycles. The molecule has 0 fully saturated rings. The lowest BCUT2D eigenvalue weighted by atomic mass is 9.79. The van der Waals surface area contributed by atoms with Gasteiger partial charge >= 0.3 is 0 Å². The van der Waals surface area contributed by atoms with E-state index in [1.54, 1.807) is 5.56 Å². The molecular formula is C29H38. The van der Waals surface area contributed by atoms with E-state index in [0.29, 0.717) is 0 Å². The second-order valence-corrected chi connectivity index (χ2v) is 9.07. The highest BCUT2D eigenvalue weighted by molar-refractivity contribution is 6.06. The molecular weight excluding hydrogens is 348 g/mol. The first-order valence-corrected chi connectivity index (χ1v) is 11.6. The first kappa shape index (κ1) is 21.6. The molecule has 0 saturated carbocycles. The number of hydrogen-bond acceptors (Lipinski definition) is 0. The van der Waals surface area contributed by atoms with Gasteiger partial charge in [0.05, 0.1) is 0 Å². The van der Waals surface area contributed by atoms with E-state index in [-0.39, 0.29) is 5.41 Å². The van der Waals surface area contributed by atoms with Crippen molar-refractivity contribution in [1.82, 2.24) is 0 Å². The molecule has 0 radical (unpaired) electrons. The number of hydrogen-bond donors (Lipinski definition) is 0. The van der Waals surface area contributed by atoms with Gasteiger partial charge in [0.2, 0.25) is 0 Å². The largest absolute Gasteiger partial charge is 0.0917 e. The Labute approximate surface area is 178 Å². The van der Waals surface area contributed by atoms with E-state index >= 15 is 0 Å². The fourth-order valence-corrected chi connectivity index (χ4v) is 4.47. The molecule has 154 valence electrons. The molecule has 29 heavy (non-hydrogen) atoms. The molecule has 0 spiro atoms. The van der Waals surface area contributed by atoms with Crippen LogP contribution in [0.5, 0.6) is 0 Å². The molecule has 0 amide bonds. The van der Waals surface area contributed by atoms with Crippen LogP contribution in [0, 0.1) is 0 Å². The standard InChI is InChI=1S/C29H38/c1-6-9-11-15-25-23-17-13-14-18-24(23)26(16-12-10-7-2)28-21-22(19-20-27(25)28)29(4,5)8-3/h6,9,13-14,17-21H,7-8,10-12,15-16H2,1-5H3/b9-6-. The van der Waals surface area contributed by atoms with Crippen LogP contribution in [0.4, 0.5) is 0 Å². The maximum Gasteiger partial charge on any atom is -0.0106 e. The van der Waals surface area contributed by atoms with Crippen LogP contribution in [0.15, 0.2) is 54.6 Å². The van der Waals surface area contributed by atoms with Gasteiger partial charge in [0.1, 0.15) is 0 Å². The monoisotopic (exact) mass is 386 g/mol. The minimum atomic E-state index is 0.214. The summed E-state index contributed by atoms with van der Waals surface area (Å²) < 4.78 is 0. The van der Waals surface area contributed by atoms with E-state index in [2.05, 4.69) is 89.2 Å². The van der Waals surface area contributed by atoms with Gasteiger partial charge in [-0.2, -0.15) is 0 Å². The van der Waals surface area contributed by atoms with Crippen molar-refractivity contribution in [1.29, 1.82) is 0 Å². The molecule has 0 nitrogen and oxygen atoms in total. The van der Waals surface area contributed by atoms with Crippen LogP contribution in [0.1, 0.15) is 83.4 Å². The highest BCUT2D eigenvalue weighted by Crippen LogP contribution is 2.38. The highest BCUT2D eigenvalue weighted by Gasteiger charge is 2.20. The van der Waals surface area contributed by atoms with Crippen molar-refractivity contribution in [2.75, 3.05) is 0 Å². The smallest absolute Gasteiger partial charge is 0.0106 e. The SMILES string of the molecule is C/C=C\CCc1c2ccccc2c(CCCCC)c2cc(C(C)(C)CC)ccc12. The summed E-state index contributed by atoms with van der Waals surface area (Å²) in [5.41, 5.74) is 4.77. The van der Waals surface area contributed by atoms with Crippen LogP contribution in [-0.4, -0.2) is 0 Å². The van der Waals surface area contributed by atoms with Crippen LogP contribution in [0.2, 0.25) is 0 Å². The van der Waals surface area contributed by atoms with E-state index < -0.39 is 0 Å². The van der Waals surface area contributed by atoms with E-state index in [0.717, 1.165) is 19.3 Å². The van der Waals surface area contributed by atoms with Crippen LogP contribution in [0.3, 0.4) is 0 Å². The molecule has 0 heteroatoms. The van der Waals surface area contributed by atoms with Gasteiger partial charge in [0, 0.05) is 0 Å². The van der Waals surface area contributed by atoms with Crippen LogP contribution in [-0.2, 0) is 18.3 Å². The van der Waals surface area contributed by atoms with Gasteiger partial charge in [-0.05, 0) is 82.7 Å². The topological polar surface area (TPSA) is 0 Å². The Morgan fingerprint density at radius 3 is 2.07 bits per heavy atom. The normalized spacial score (nSPS) is 12.4. The molecule has 0 N–H and O–H groups in total. The van der Waals surface area contributed by atoms with Crippen molar-refractivity contribution >= 4 is 21.5 Å². The number of unbranched alkanes of at least 4 members (excludes halogenated alkanes) is 2. The van der Waals surface area contributed by atoms with E-state index in [1.165, 1.54) is 58.4 Å². The molecule has 3 rings (SSSR count). The van der Waals surface area contributed by atoms with E-state index in [4.69, 9.17) is 0 Å². The van der Waals surface area contributed by atoms with Crippen LogP contribution < -0.4 is 0 Å². The zero-order chi connectivity index (χ0) is 20.9. The second kappa shape index (κ2) is 9.61. The fourth-order valence-electron chi connectivity index (χ4n) is 4.47. The average molecular weight is 387 g/mol. The average Bonchev–Trinajstić information content (AvgIpc) is 2.74. The molecule has 3 aromatic rings. The van der Waals surface area contributed by atoms with Crippen molar-refractivity contribution in [3.8, 4) is 0 Å². The zero-order valence-electron chi connectivity index (χ0n) is 19.1. The van der Waals surface area contributed by atoms with Crippen molar-refractivity contribution < 1.29 is 0 Å². The highest BCUT2D eigenvalue weighted by atomic mass is 14.2. The van der Waals surface area contributed by atoms with Crippen molar-refractivity contribution in [2.24, 2.45) is 0 Å². The Morgan fingerprint density at radius 2 is 1.45 bits per heavy atom. The number of allylic oxidation sites excluding steroid dienone is 2. The van der Waals surface area contributed by atoms with Crippen molar-refractivity contribution in [3.63, 3.8) is 0 Å². The summed E-state index contributed by atoms with van der Waals surface area (Å²) in [6, 6.07) is 16.4. The minimum Gasteiger partial charge on any atom is -0.0917 e.